The van der Waals surface area contributed by atoms with Gasteiger partial charge in [-0.3, -0.25) is 4.79 Å². The molecule has 4 rings (SSSR count). The Morgan fingerprint density at radius 2 is 2.08 bits per heavy atom. The van der Waals surface area contributed by atoms with E-state index in [4.69, 9.17) is 4.42 Å². The standard InChI is InChI=1S/C17H18N4O2S/c1-12-18-17(24-19-12)21-8-4-7-20(9-10-21)16(22)15-11-13-5-2-3-6-14(13)23-15/h2-3,5-6,11H,4,7-10H2,1H3. The van der Waals surface area contributed by atoms with Crippen molar-refractivity contribution in [1.29, 1.82) is 0 Å². The van der Waals surface area contributed by atoms with E-state index in [9.17, 15) is 4.79 Å². The number of aromatic nitrogens is 2. The summed E-state index contributed by atoms with van der Waals surface area (Å²) in [6, 6.07) is 9.52. The van der Waals surface area contributed by atoms with Crippen molar-refractivity contribution in [1.82, 2.24) is 14.3 Å². The summed E-state index contributed by atoms with van der Waals surface area (Å²) in [6.45, 7) is 4.94. The Morgan fingerprint density at radius 1 is 1.21 bits per heavy atom. The molecule has 1 amide bonds. The van der Waals surface area contributed by atoms with Gasteiger partial charge < -0.3 is 14.2 Å². The van der Waals surface area contributed by atoms with Crippen LogP contribution in [0.4, 0.5) is 5.13 Å². The number of furan rings is 1. The summed E-state index contributed by atoms with van der Waals surface area (Å²) in [5, 5.41) is 1.90. The quantitative estimate of drug-likeness (QED) is 0.716. The molecule has 0 unspecified atom stereocenters. The maximum atomic E-state index is 12.8. The van der Waals surface area contributed by atoms with Crippen LogP contribution in [0.2, 0.25) is 0 Å². The molecule has 6 nitrogen and oxygen atoms in total. The van der Waals surface area contributed by atoms with Crippen LogP contribution in [0.5, 0.6) is 0 Å². The average Bonchev–Trinajstić information content (AvgIpc) is 3.13. The van der Waals surface area contributed by atoms with Crippen LogP contribution < -0.4 is 4.90 Å². The van der Waals surface area contributed by atoms with Crippen molar-refractivity contribution in [2.24, 2.45) is 0 Å². The third-order valence-corrected chi connectivity index (χ3v) is 5.08. The first-order chi connectivity index (χ1) is 11.7. The van der Waals surface area contributed by atoms with Gasteiger partial charge in [-0.25, -0.2) is 4.98 Å². The molecule has 3 aromatic rings. The summed E-state index contributed by atoms with van der Waals surface area (Å²) in [5.41, 5.74) is 0.752. The zero-order chi connectivity index (χ0) is 16.5. The lowest BCUT2D eigenvalue weighted by atomic mass is 10.2. The average molecular weight is 342 g/mol. The molecule has 1 fully saturated rings. The Balaban J connectivity index is 1.49. The second kappa shape index (κ2) is 6.24. The van der Waals surface area contributed by atoms with E-state index in [0.717, 1.165) is 48.0 Å². The highest BCUT2D eigenvalue weighted by atomic mass is 32.1. The van der Waals surface area contributed by atoms with Crippen LogP contribution >= 0.6 is 11.5 Å². The van der Waals surface area contributed by atoms with Gasteiger partial charge in [-0.05, 0) is 25.5 Å². The largest absolute Gasteiger partial charge is 0.451 e. The van der Waals surface area contributed by atoms with Crippen molar-refractivity contribution in [3.8, 4) is 0 Å². The third-order valence-electron chi connectivity index (χ3n) is 4.21. The van der Waals surface area contributed by atoms with E-state index in [1.54, 1.807) is 0 Å². The Bertz CT molecular complexity index is 839. The first-order valence-electron chi connectivity index (χ1n) is 8.04. The first-order valence-corrected chi connectivity index (χ1v) is 8.81. The smallest absolute Gasteiger partial charge is 0.289 e. The molecule has 1 aromatic carbocycles. The highest BCUT2D eigenvalue weighted by Gasteiger charge is 2.24. The van der Waals surface area contributed by atoms with E-state index >= 15 is 0 Å². The molecule has 7 heteroatoms. The number of rotatable bonds is 2. The predicted octanol–water partition coefficient (Wildman–Crippen LogP) is 2.95. The van der Waals surface area contributed by atoms with Gasteiger partial charge in [-0.2, -0.15) is 4.37 Å². The Morgan fingerprint density at radius 3 is 2.88 bits per heavy atom. The lowest BCUT2D eigenvalue weighted by molar-refractivity contribution is 0.0737. The molecular formula is C17H18N4O2S. The van der Waals surface area contributed by atoms with Crippen molar-refractivity contribution < 1.29 is 9.21 Å². The topological polar surface area (TPSA) is 62.5 Å². The zero-order valence-electron chi connectivity index (χ0n) is 13.4. The van der Waals surface area contributed by atoms with Crippen molar-refractivity contribution >= 4 is 33.5 Å². The predicted molar refractivity (Wildman–Crippen MR) is 93.6 cm³/mol. The molecule has 0 saturated carbocycles. The molecule has 1 aliphatic rings. The molecule has 0 N–H and O–H groups in total. The van der Waals surface area contributed by atoms with E-state index < -0.39 is 0 Å². The molecule has 24 heavy (non-hydrogen) atoms. The minimum atomic E-state index is -0.0403. The van der Waals surface area contributed by atoms with E-state index in [2.05, 4.69) is 14.3 Å². The highest BCUT2D eigenvalue weighted by molar-refractivity contribution is 7.09. The third kappa shape index (κ3) is 2.87. The Labute approximate surface area is 143 Å². The fourth-order valence-electron chi connectivity index (χ4n) is 2.97. The molecule has 2 aromatic heterocycles. The molecule has 3 heterocycles. The minimum Gasteiger partial charge on any atom is -0.451 e. The highest BCUT2D eigenvalue weighted by Crippen LogP contribution is 2.22. The summed E-state index contributed by atoms with van der Waals surface area (Å²) in [6.07, 6.45) is 0.907. The van der Waals surface area contributed by atoms with Crippen molar-refractivity contribution in [3.63, 3.8) is 0 Å². The van der Waals surface area contributed by atoms with E-state index in [0.29, 0.717) is 12.3 Å². The van der Waals surface area contributed by atoms with Crippen LogP contribution in [0.15, 0.2) is 34.7 Å². The van der Waals surface area contributed by atoms with Crippen LogP contribution in [-0.2, 0) is 0 Å². The minimum absolute atomic E-state index is 0.0403. The van der Waals surface area contributed by atoms with Crippen molar-refractivity contribution in [3.05, 3.63) is 41.9 Å². The lowest BCUT2D eigenvalue weighted by Gasteiger charge is -2.20. The number of aryl methyl sites for hydroxylation is 1. The SMILES string of the molecule is Cc1nsc(N2CCCN(C(=O)c3cc4ccccc4o3)CC2)n1. The summed E-state index contributed by atoms with van der Waals surface area (Å²) < 4.78 is 9.96. The normalized spacial score (nSPS) is 15.7. The van der Waals surface area contributed by atoms with Crippen LogP contribution in [0.1, 0.15) is 22.8 Å². The van der Waals surface area contributed by atoms with Gasteiger partial charge in [0.25, 0.3) is 5.91 Å². The van der Waals surface area contributed by atoms with Crippen LogP contribution in [0, 0.1) is 6.92 Å². The number of carbonyl (C=O) groups is 1. The van der Waals surface area contributed by atoms with E-state index in [-0.39, 0.29) is 5.91 Å². The molecule has 1 saturated heterocycles. The number of hydrogen-bond donors (Lipinski definition) is 0. The molecular weight excluding hydrogens is 324 g/mol. The number of nitrogens with zero attached hydrogens (tertiary/aromatic N) is 4. The molecule has 0 bridgehead atoms. The van der Waals surface area contributed by atoms with E-state index in [1.165, 1.54) is 11.5 Å². The van der Waals surface area contributed by atoms with Gasteiger partial charge in [-0.1, -0.05) is 18.2 Å². The molecule has 0 atom stereocenters. The van der Waals surface area contributed by atoms with Gasteiger partial charge >= 0.3 is 0 Å². The molecule has 0 aliphatic carbocycles. The number of hydrogen-bond acceptors (Lipinski definition) is 6. The Kier molecular flexibility index (Phi) is 3.93. The van der Waals surface area contributed by atoms with Crippen molar-refractivity contribution in [2.75, 3.05) is 31.1 Å². The summed E-state index contributed by atoms with van der Waals surface area (Å²) in [7, 11) is 0. The molecule has 0 radical (unpaired) electrons. The maximum absolute atomic E-state index is 12.8. The zero-order valence-corrected chi connectivity index (χ0v) is 14.3. The van der Waals surface area contributed by atoms with Gasteiger partial charge in [0.05, 0.1) is 0 Å². The van der Waals surface area contributed by atoms with Gasteiger partial charge in [-0.15, -0.1) is 0 Å². The number of fused-ring (bicyclic) bond motifs is 1. The second-order valence-electron chi connectivity index (χ2n) is 5.91. The monoisotopic (exact) mass is 342 g/mol. The van der Waals surface area contributed by atoms with Crippen LogP contribution in [0.3, 0.4) is 0 Å². The molecule has 124 valence electrons. The molecule has 0 spiro atoms. The maximum Gasteiger partial charge on any atom is 0.289 e. The van der Waals surface area contributed by atoms with Gasteiger partial charge in [0.2, 0.25) is 5.13 Å². The first kappa shape index (κ1) is 15.1. The Hall–Kier alpha value is -2.41. The number of amides is 1. The van der Waals surface area contributed by atoms with Gasteiger partial charge in [0.15, 0.2) is 5.76 Å². The van der Waals surface area contributed by atoms with Crippen LogP contribution in [0.25, 0.3) is 11.0 Å². The second-order valence-corrected chi connectivity index (χ2v) is 6.64. The fourth-order valence-corrected chi connectivity index (χ4v) is 3.70. The number of carbonyl (C=O) groups excluding carboxylic acids is 1. The van der Waals surface area contributed by atoms with Crippen LogP contribution in [-0.4, -0.2) is 46.3 Å². The van der Waals surface area contributed by atoms with Crippen molar-refractivity contribution in [2.45, 2.75) is 13.3 Å². The lowest BCUT2D eigenvalue weighted by Crippen LogP contribution is -2.35. The fraction of sp³-hybridized carbons (Fsp3) is 0.353. The van der Waals surface area contributed by atoms with Gasteiger partial charge in [0.1, 0.15) is 11.4 Å². The summed E-state index contributed by atoms with van der Waals surface area (Å²) in [4.78, 5) is 21.3. The number of benzene rings is 1. The summed E-state index contributed by atoms with van der Waals surface area (Å²) in [5.74, 6) is 1.17. The molecule has 1 aliphatic heterocycles. The summed E-state index contributed by atoms with van der Waals surface area (Å²) >= 11 is 1.42. The van der Waals surface area contributed by atoms with E-state index in [1.807, 2.05) is 42.2 Å². The number of para-hydroxylation sites is 1. The number of anilines is 1. The van der Waals surface area contributed by atoms with Gasteiger partial charge in [0, 0.05) is 43.1 Å².